The largest absolute Gasteiger partial charge is 0.394 e. The zero-order chi connectivity index (χ0) is 12.5. The molecular formula is C13H27N3O. The molecule has 0 radical (unpaired) electrons. The smallest absolute Gasteiger partial charge is 0.0613 e. The summed E-state index contributed by atoms with van der Waals surface area (Å²) >= 11 is 0. The Labute approximate surface area is 105 Å². The number of piperazine rings is 1. The molecule has 1 saturated carbocycles. The van der Waals surface area contributed by atoms with Gasteiger partial charge in [0.2, 0.25) is 0 Å². The normalized spacial score (nSPS) is 40.9. The van der Waals surface area contributed by atoms with Crippen molar-refractivity contribution >= 4 is 0 Å². The molecule has 1 aliphatic heterocycles. The minimum atomic E-state index is -0.0201. The Morgan fingerprint density at radius 2 is 2.18 bits per heavy atom. The molecule has 2 rings (SSSR count). The van der Waals surface area contributed by atoms with Gasteiger partial charge in [-0.2, -0.15) is 0 Å². The SMILES string of the molecule is CNC1(CO)CCC(N2CCN(C)CC2C)C1. The van der Waals surface area contributed by atoms with Crippen molar-refractivity contribution in [1.82, 2.24) is 15.1 Å². The van der Waals surface area contributed by atoms with Crippen molar-refractivity contribution in [2.75, 3.05) is 40.3 Å². The molecular weight excluding hydrogens is 214 g/mol. The fraction of sp³-hybridized carbons (Fsp3) is 1.00. The van der Waals surface area contributed by atoms with Crippen LogP contribution in [0.3, 0.4) is 0 Å². The van der Waals surface area contributed by atoms with E-state index >= 15 is 0 Å². The molecule has 0 aromatic heterocycles. The molecule has 0 aromatic carbocycles. The maximum atomic E-state index is 9.55. The number of nitrogens with zero attached hydrogens (tertiary/aromatic N) is 2. The van der Waals surface area contributed by atoms with Gasteiger partial charge in [-0.3, -0.25) is 4.90 Å². The van der Waals surface area contributed by atoms with Gasteiger partial charge < -0.3 is 15.3 Å². The summed E-state index contributed by atoms with van der Waals surface area (Å²) in [5.74, 6) is 0. The van der Waals surface area contributed by atoms with E-state index in [1.807, 2.05) is 7.05 Å². The molecule has 0 amide bonds. The fourth-order valence-electron chi connectivity index (χ4n) is 3.53. The standard InChI is InChI=1S/C13H27N3O/c1-11-9-15(3)6-7-16(11)12-4-5-13(8-12,10-17)14-2/h11-12,14,17H,4-10H2,1-3H3. The van der Waals surface area contributed by atoms with Gasteiger partial charge in [0.1, 0.15) is 0 Å². The Hall–Kier alpha value is -0.160. The highest BCUT2D eigenvalue weighted by molar-refractivity contribution is 5.00. The van der Waals surface area contributed by atoms with E-state index in [1.165, 1.54) is 26.1 Å². The predicted molar refractivity (Wildman–Crippen MR) is 70.2 cm³/mol. The second-order valence-electron chi connectivity index (χ2n) is 5.93. The van der Waals surface area contributed by atoms with Crippen LogP contribution in [-0.2, 0) is 0 Å². The van der Waals surface area contributed by atoms with E-state index in [2.05, 4.69) is 29.1 Å². The first-order chi connectivity index (χ1) is 8.10. The first kappa shape index (κ1) is 13.3. The van der Waals surface area contributed by atoms with Gasteiger partial charge in [-0.15, -0.1) is 0 Å². The third kappa shape index (κ3) is 2.65. The van der Waals surface area contributed by atoms with Crippen molar-refractivity contribution in [2.45, 2.75) is 43.8 Å². The average molecular weight is 241 g/mol. The summed E-state index contributed by atoms with van der Waals surface area (Å²) < 4.78 is 0. The van der Waals surface area contributed by atoms with Gasteiger partial charge in [0.05, 0.1) is 6.61 Å². The summed E-state index contributed by atoms with van der Waals surface area (Å²) in [5, 5.41) is 12.9. The predicted octanol–water partition coefficient (Wildman–Crippen LogP) is 0.125. The van der Waals surface area contributed by atoms with Crippen LogP contribution in [-0.4, -0.2) is 72.9 Å². The van der Waals surface area contributed by atoms with Gasteiger partial charge in [-0.25, -0.2) is 0 Å². The summed E-state index contributed by atoms with van der Waals surface area (Å²) in [4.78, 5) is 5.06. The number of rotatable bonds is 3. The number of likely N-dealkylation sites (N-methyl/N-ethyl adjacent to an activating group) is 2. The van der Waals surface area contributed by atoms with Crippen molar-refractivity contribution in [3.63, 3.8) is 0 Å². The Morgan fingerprint density at radius 3 is 2.71 bits per heavy atom. The van der Waals surface area contributed by atoms with Gasteiger partial charge in [-0.1, -0.05) is 0 Å². The molecule has 1 aliphatic carbocycles. The quantitative estimate of drug-likeness (QED) is 0.736. The van der Waals surface area contributed by atoms with E-state index in [0.29, 0.717) is 12.1 Å². The van der Waals surface area contributed by atoms with Crippen LogP contribution < -0.4 is 5.32 Å². The van der Waals surface area contributed by atoms with E-state index in [-0.39, 0.29) is 12.1 Å². The van der Waals surface area contributed by atoms with Crippen molar-refractivity contribution in [2.24, 2.45) is 0 Å². The molecule has 2 N–H and O–H groups in total. The zero-order valence-electron chi connectivity index (χ0n) is 11.4. The summed E-state index contributed by atoms with van der Waals surface area (Å²) in [7, 11) is 4.18. The van der Waals surface area contributed by atoms with Crippen molar-refractivity contribution < 1.29 is 5.11 Å². The average Bonchev–Trinajstić information content (AvgIpc) is 2.74. The molecule has 2 aliphatic rings. The van der Waals surface area contributed by atoms with Crippen LogP contribution in [0.15, 0.2) is 0 Å². The minimum Gasteiger partial charge on any atom is -0.394 e. The number of aliphatic hydroxyl groups excluding tert-OH is 1. The van der Waals surface area contributed by atoms with Crippen LogP contribution in [0.25, 0.3) is 0 Å². The van der Waals surface area contributed by atoms with Gasteiger partial charge in [0.15, 0.2) is 0 Å². The lowest BCUT2D eigenvalue weighted by Crippen LogP contribution is -2.55. The first-order valence-electron chi connectivity index (χ1n) is 6.84. The highest BCUT2D eigenvalue weighted by Gasteiger charge is 2.41. The fourth-order valence-corrected chi connectivity index (χ4v) is 3.53. The third-order valence-electron chi connectivity index (χ3n) is 4.77. The van der Waals surface area contributed by atoms with Crippen molar-refractivity contribution in [3.8, 4) is 0 Å². The molecule has 0 bridgehead atoms. The van der Waals surface area contributed by atoms with E-state index in [4.69, 9.17) is 0 Å². The number of nitrogens with one attached hydrogen (secondary N) is 1. The highest BCUT2D eigenvalue weighted by Crippen LogP contribution is 2.34. The Kier molecular flexibility index (Phi) is 4.08. The second kappa shape index (κ2) is 5.22. The molecule has 3 unspecified atom stereocenters. The second-order valence-corrected chi connectivity index (χ2v) is 5.93. The Morgan fingerprint density at radius 1 is 1.41 bits per heavy atom. The van der Waals surface area contributed by atoms with Crippen LogP contribution in [0.4, 0.5) is 0 Å². The third-order valence-corrected chi connectivity index (χ3v) is 4.77. The van der Waals surface area contributed by atoms with E-state index in [9.17, 15) is 5.11 Å². The Bertz CT molecular complexity index is 255. The molecule has 17 heavy (non-hydrogen) atoms. The Balaban J connectivity index is 1.96. The van der Waals surface area contributed by atoms with Gasteiger partial charge in [0.25, 0.3) is 0 Å². The molecule has 0 spiro atoms. The lowest BCUT2D eigenvalue weighted by Gasteiger charge is -2.42. The first-order valence-corrected chi connectivity index (χ1v) is 6.84. The maximum Gasteiger partial charge on any atom is 0.0613 e. The maximum absolute atomic E-state index is 9.55. The lowest BCUT2D eigenvalue weighted by atomic mass is 9.98. The van der Waals surface area contributed by atoms with Crippen LogP contribution in [0, 0.1) is 0 Å². The van der Waals surface area contributed by atoms with Crippen LogP contribution in [0.1, 0.15) is 26.2 Å². The molecule has 0 aromatic rings. The molecule has 4 nitrogen and oxygen atoms in total. The van der Waals surface area contributed by atoms with Crippen LogP contribution >= 0.6 is 0 Å². The van der Waals surface area contributed by atoms with Gasteiger partial charge in [-0.05, 0) is 40.3 Å². The summed E-state index contributed by atoms with van der Waals surface area (Å²) in [5.41, 5.74) is -0.0201. The number of hydrogen-bond acceptors (Lipinski definition) is 4. The molecule has 3 atom stereocenters. The lowest BCUT2D eigenvalue weighted by molar-refractivity contribution is 0.0570. The monoisotopic (exact) mass is 241 g/mol. The molecule has 1 heterocycles. The van der Waals surface area contributed by atoms with E-state index < -0.39 is 0 Å². The van der Waals surface area contributed by atoms with Crippen molar-refractivity contribution in [3.05, 3.63) is 0 Å². The summed E-state index contributed by atoms with van der Waals surface area (Å²) in [6, 6.07) is 1.29. The minimum absolute atomic E-state index is 0.0201. The highest BCUT2D eigenvalue weighted by atomic mass is 16.3. The van der Waals surface area contributed by atoms with Crippen molar-refractivity contribution in [1.29, 1.82) is 0 Å². The number of aliphatic hydroxyl groups is 1. The van der Waals surface area contributed by atoms with E-state index in [0.717, 1.165) is 12.8 Å². The molecule has 2 fully saturated rings. The summed E-state index contributed by atoms with van der Waals surface area (Å²) in [6.45, 7) is 6.11. The topological polar surface area (TPSA) is 38.7 Å². The molecule has 1 saturated heterocycles. The summed E-state index contributed by atoms with van der Waals surface area (Å²) in [6.07, 6.45) is 3.41. The van der Waals surface area contributed by atoms with Gasteiger partial charge in [0, 0.05) is 37.3 Å². The zero-order valence-corrected chi connectivity index (χ0v) is 11.4. The van der Waals surface area contributed by atoms with Gasteiger partial charge >= 0.3 is 0 Å². The molecule has 4 heteroatoms. The molecule has 100 valence electrons. The number of hydrogen-bond donors (Lipinski definition) is 2. The van der Waals surface area contributed by atoms with Crippen LogP contribution in [0.2, 0.25) is 0 Å². The van der Waals surface area contributed by atoms with Crippen LogP contribution in [0.5, 0.6) is 0 Å². The van der Waals surface area contributed by atoms with E-state index in [1.54, 1.807) is 0 Å².